The first-order chi connectivity index (χ1) is 15.3. The van der Waals surface area contributed by atoms with E-state index in [2.05, 4.69) is 5.32 Å². The lowest BCUT2D eigenvalue weighted by Gasteiger charge is -2.43. The Balaban J connectivity index is 1.85. The number of aldehydes is 1. The van der Waals surface area contributed by atoms with Crippen LogP contribution in [0.3, 0.4) is 0 Å². The molecule has 170 valence electrons. The van der Waals surface area contributed by atoms with Gasteiger partial charge in [-0.2, -0.15) is 0 Å². The van der Waals surface area contributed by atoms with Gasteiger partial charge in [-0.3, -0.25) is 4.90 Å². The average Bonchev–Trinajstić information content (AvgIpc) is 2.77. The normalized spacial score (nSPS) is 20.8. The Morgan fingerprint density at radius 1 is 1.06 bits per heavy atom. The van der Waals surface area contributed by atoms with E-state index in [4.69, 9.17) is 9.47 Å². The number of carbonyl (C=O) groups is 3. The van der Waals surface area contributed by atoms with Crippen LogP contribution in [0.25, 0.3) is 0 Å². The SMILES string of the molecule is CC(C)(C)OC(=O)N[C@@H]1C[C@H](C=O)CN(C(=O)OCc2ccccc2)[C@H]1c1ccccc1. The summed E-state index contributed by atoms with van der Waals surface area (Å²) >= 11 is 0. The summed E-state index contributed by atoms with van der Waals surface area (Å²) in [5, 5.41) is 2.88. The molecule has 1 fully saturated rings. The molecule has 2 amide bonds. The molecule has 32 heavy (non-hydrogen) atoms. The van der Waals surface area contributed by atoms with Crippen LogP contribution in [0.5, 0.6) is 0 Å². The second kappa shape index (κ2) is 10.3. The number of alkyl carbamates (subject to hydrolysis) is 1. The number of hydrogen-bond acceptors (Lipinski definition) is 5. The molecule has 1 N–H and O–H groups in total. The molecule has 0 saturated carbocycles. The summed E-state index contributed by atoms with van der Waals surface area (Å²) in [6, 6.07) is 17.8. The molecule has 3 atom stereocenters. The van der Waals surface area contributed by atoms with Crippen molar-refractivity contribution in [1.82, 2.24) is 10.2 Å². The number of likely N-dealkylation sites (tertiary alicyclic amines) is 1. The standard InChI is InChI=1S/C25H30N2O5/c1-25(2,3)32-23(29)26-21-14-19(16-28)15-27(22(21)20-12-8-5-9-13-20)24(30)31-17-18-10-6-4-7-11-18/h4-13,16,19,21-22H,14-15,17H2,1-3H3,(H,26,29)/t19-,21+,22-/m0/s1. The molecular formula is C25H30N2O5. The van der Waals surface area contributed by atoms with Crippen LogP contribution < -0.4 is 5.32 Å². The molecule has 0 radical (unpaired) electrons. The Hall–Kier alpha value is -3.35. The molecule has 0 aromatic heterocycles. The van der Waals surface area contributed by atoms with Crippen molar-refractivity contribution < 1.29 is 23.9 Å². The van der Waals surface area contributed by atoms with Crippen molar-refractivity contribution in [3.05, 3.63) is 71.8 Å². The molecule has 0 aliphatic carbocycles. The zero-order valence-electron chi connectivity index (χ0n) is 18.7. The molecule has 1 heterocycles. The highest BCUT2D eigenvalue weighted by molar-refractivity contribution is 5.72. The minimum absolute atomic E-state index is 0.119. The number of nitrogens with zero attached hydrogens (tertiary/aromatic N) is 1. The molecule has 0 bridgehead atoms. The number of ether oxygens (including phenoxy) is 2. The summed E-state index contributed by atoms with van der Waals surface area (Å²) in [4.78, 5) is 38.9. The van der Waals surface area contributed by atoms with E-state index in [1.807, 2.05) is 60.7 Å². The fraction of sp³-hybridized carbons (Fsp3) is 0.400. The molecule has 1 saturated heterocycles. The summed E-state index contributed by atoms with van der Waals surface area (Å²) in [6.07, 6.45) is 0.0885. The van der Waals surface area contributed by atoms with Crippen molar-refractivity contribution in [2.24, 2.45) is 5.92 Å². The second-order valence-electron chi connectivity index (χ2n) is 8.93. The van der Waals surface area contributed by atoms with Crippen molar-refractivity contribution in [1.29, 1.82) is 0 Å². The van der Waals surface area contributed by atoms with E-state index in [1.165, 1.54) is 4.90 Å². The average molecular weight is 439 g/mol. The third-order valence-electron chi connectivity index (χ3n) is 5.18. The van der Waals surface area contributed by atoms with Gasteiger partial charge in [0, 0.05) is 12.5 Å². The van der Waals surface area contributed by atoms with E-state index >= 15 is 0 Å². The minimum Gasteiger partial charge on any atom is -0.445 e. The highest BCUT2D eigenvalue weighted by atomic mass is 16.6. The van der Waals surface area contributed by atoms with Crippen LogP contribution in [0.2, 0.25) is 0 Å². The summed E-state index contributed by atoms with van der Waals surface area (Å²) in [7, 11) is 0. The van der Waals surface area contributed by atoms with E-state index in [1.54, 1.807) is 20.8 Å². The molecule has 1 aliphatic heterocycles. The zero-order chi connectivity index (χ0) is 23.1. The molecule has 3 rings (SSSR count). The number of carbonyl (C=O) groups excluding carboxylic acids is 3. The first kappa shape index (κ1) is 23.3. The van der Waals surface area contributed by atoms with Gasteiger partial charge in [-0.05, 0) is 38.3 Å². The fourth-order valence-electron chi connectivity index (χ4n) is 3.86. The van der Waals surface area contributed by atoms with Gasteiger partial charge in [0.15, 0.2) is 0 Å². The van der Waals surface area contributed by atoms with Crippen LogP contribution in [0, 0.1) is 5.92 Å². The highest BCUT2D eigenvalue weighted by Crippen LogP contribution is 2.34. The largest absolute Gasteiger partial charge is 0.445 e. The summed E-state index contributed by atoms with van der Waals surface area (Å²) in [5.74, 6) is -0.431. The van der Waals surface area contributed by atoms with Crippen LogP contribution in [0.4, 0.5) is 9.59 Å². The van der Waals surface area contributed by atoms with Gasteiger partial charge < -0.3 is 19.6 Å². The lowest BCUT2D eigenvalue weighted by Crippen LogP contribution is -2.55. The minimum atomic E-state index is -0.667. The predicted octanol–water partition coefficient (Wildman–Crippen LogP) is 4.48. The second-order valence-corrected chi connectivity index (χ2v) is 8.93. The Morgan fingerprint density at radius 2 is 1.69 bits per heavy atom. The summed E-state index contributed by atoms with van der Waals surface area (Å²) in [5.41, 5.74) is 1.04. The topological polar surface area (TPSA) is 84.9 Å². The predicted molar refractivity (Wildman–Crippen MR) is 120 cm³/mol. The van der Waals surface area contributed by atoms with Crippen molar-refractivity contribution >= 4 is 18.5 Å². The first-order valence-electron chi connectivity index (χ1n) is 10.7. The molecule has 7 nitrogen and oxygen atoms in total. The Labute approximate surface area is 188 Å². The quantitative estimate of drug-likeness (QED) is 0.696. The lowest BCUT2D eigenvalue weighted by atomic mass is 9.85. The van der Waals surface area contributed by atoms with Crippen LogP contribution in [-0.4, -0.2) is 41.6 Å². The van der Waals surface area contributed by atoms with Crippen molar-refractivity contribution in [2.75, 3.05) is 6.54 Å². The number of hydrogen-bond donors (Lipinski definition) is 1. The Morgan fingerprint density at radius 3 is 2.28 bits per heavy atom. The zero-order valence-corrected chi connectivity index (χ0v) is 18.7. The van der Waals surface area contributed by atoms with Gasteiger partial charge in [0.1, 0.15) is 18.5 Å². The van der Waals surface area contributed by atoms with E-state index < -0.39 is 35.8 Å². The molecule has 0 spiro atoms. The Bertz CT molecular complexity index is 911. The number of amides is 2. The van der Waals surface area contributed by atoms with Gasteiger partial charge in [0.25, 0.3) is 0 Å². The van der Waals surface area contributed by atoms with Crippen molar-refractivity contribution in [2.45, 2.75) is 51.5 Å². The molecule has 2 aromatic carbocycles. The van der Waals surface area contributed by atoms with Crippen LogP contribution in [-0.2, 0) is 20.9 Å². The summed E-state index contributed by atoms with van der Waals surface area (Å²) in [6.45, 7) is 5.67. The maximum atomic E-state index is 13.1. The fourth-order valence-corrected chi connectivity index (χ4v) is 3.86. The van der Waals surface area contributed by atoms with Gasteiger partial charge in [-0.25, -0.2) is 9.59 Å². The lowest BCUT2D eigenvalue weighted by molar-refractivity contribution is -0.113. The van der Waals surface area contributed by atoms with E-state index in [0.717, 1.165) is 17.4 Å². The first-order valence-corrected chi connectivity index (χ1v) is 10.7. The maximum absolute atomic E-state index is 13.1. The van der Waals surface area contributed by atoms with Gasteiger partial charge in [-0.15, -0.1) is 0 Å². The van der Waals surface area contributed by atoms with Crippen LogP contribution in [0.1, 0.15) is 44.4 Å². The van der Waals surface area contributed by atoms with E-state index in [9.17, 15) is 14.4 Å². The van der Waals surface area contributed by atoms with E-state index in [0.29, 0.717) is 6.42 Å². The molecule has 2 aromatic rings. The van der Waals surface area contributed by atoms with Crippen LogP contribution in [0.15, 0.2) is 60.7 Å². The highest BCUT2D eigenvalue weighted by Gasteiger charge is 2.41. The van der Waals surface area contributed by atoms with Gasteiger partial charge in [0.05, 0.1) is 12.1 Å². The monoisotopic (exact) mass is 438 g/mol. The number of rotatable bonds is 5. The van der Waals surface area contributed by atoms with Gasteiger partial charge >= 0.3 is 12.2 Å². The number of benzene rings is 2. The molecule has 1 aliphatic rings. The molecule has 0 unspecified atom stereocenters. The van der Waals surface area contributed by atoms with E-state index in [-0.39, 0.29) is 13.2 Å². The number of nitrogens with one attached hydrogen (secondary N) is 1. The summed E-state index contributed by atoms with van der Waals surface area (Å²) < 4.78 is 11.0. The third kappa shape index (κ3) is 6.33. The Kier molecular flexibility index (Phi) is 7.51. The third-order valence-corrected chi connectivity index (χ3v) is 5.18. The van der Waals surface area contributed by atoms with Crippen molar-refractivity contribution in [3.8, 4) is 0 Å². The van der Waals surface area contributed by atoms with Gasteiger partial charge in [0.2, 0.25) is 0 Å². The smallest absolute Gasteiger partial charge is 0.410 e. The van der Waals surface area contributed by atoms with Crippen molar-refractivity contribution in [3.63, 3.8) is 0 Å². The van der Waals surface area contributed by atoms with Crippen LogP contribution >= 0.6 is 0 Å². The molecule has 7 heteroatoms. The molecular weight excluding hydrogens is 408 g/mol. The number of piperidine rings is 1. The van der Waals surface area contributed by atoms with Gasteiger partial charge in [-0.1, -0.05) is 60.7 Å². The maximum Gasteiger partial charge on any atom is 0.410 e.